The van der Waals surface area contributed by atoms with Gasteiger partial charge in [-0.15, -0.1) is 0 Å². The average Bonchev–Trinajstić information content (AvgIpc) is 2.58. The van der Waals surface area contributed by atoms with Crippen molar-refractivity contribution in [3.05, 3.63) is 57.0 Å². The Balaban J connectivity index is 2.15. The molecule has 8 heteroatoms. The van der Waals surface area contributed by atoms with Crippen LogP contribution in [0.3, 0.4) is 0 Å². The minimum Gasteiger partial charge on any atom is -0.505 e. The summed E-state index contributed by atoms with van der Waals surface area (Å²) in [4.78, 5) is 25.4. The molecule has 0 fully saturated rings. The molecule has 2 rings (SSSR count). The molecule has 0 unspecified atom stereocenters. The molecule has 0 aliphatic heterocycles. The normalized spacial score (nSPS) is 10.6. The lowest BCUT2D eigenvalue weighted by Crippen LogP contribution is -2.24. The van der Waals surface area contributed by atoms with E-state index in [-0.39, 0.29) is 24.3 Å². The second kappa shape index (κ2) is 7.62. The molecule has 2 aromatic rings. The molecule has 0 saturated carbocycles. The highest BCUT2D eigenvalue weighted by molar-refractivity contribution is 5.93. The van der Waals surface area contributed by atoms with Gasteiger partial charge in [-0.1, -0.05) is 12.1 Å². The number of nitrogens with two attached hydrogens (primary N) is 1. The molecule has 1 heterocycles. The molecular formula is C16H18N2O6. The van der Waals surface area contributed by atoms with Crippen LogP contribution in [0.4, 0.5) is 0 Å². The zero-order valence-corrected chi connectivity index (χ0v) is 13.0. The molecule has 1 aromatic heterocycles. The van der Waals surface area contributed by atoms with E-state index >= 15 is 0 Å². The van der Waals surface area contributed by atoms with E-state index in [1.54, 1.807) is 19.2 Å². The first-order valence-corrected chi connectivity index (χ1v) is 7.06. The Morgan fingerprint density at radius 2 is 1.88 bits per heavy atom. The van der Waals surface area contributed by atoms with E-state index in [0.29, 0.717) is 5.75 Å². The molecule has 128 valence electrons. The first-order valence-electron chi connectivity index (χ1n) is 7.06. The Labute approximate surface area is 137 Å². The van der Waals surface area contributed by atoms with E-state index in [1.807, 2.05) is 12.1 Å². The van der Waals surface area contributed by atoms with Crippen LogP contribution in [-0.4, -0.2) is 28.2 Å². The van der Waals surface area contributed by atoms with Gasteiger partial charge in [-0.05, 0) is 17.7 Å². The predicted molar refractivity (Wildman–Crippen MR) is 84.7 cm³/mol. The van der Waals surface area contributed by atoms with Crippen molar-refractivity contribution in [2.45, 2.75) is 19.8 Å². The zero-order valence-electron chi connectivity index (χ0n) is 13.0. The van der Waals surface area contributed by atoms with Crippen LogP contribution in [0.15, 0.2) is 29.1 Å². The SMILES string of the molecule is COc1ccc(COCc2c(CO)c(O)c(C(N)=O)[nH]c2=O)cc1. The summed E-state index contributed by atoms with van der Waals surface area (Å²) in [5.41, 5.74) is 4.78. The number of H-pyrrole nitrogens is 1. The summed E-state index contributed by atoms with van der Waals surface area (Å²) >= 11 is 0. The van der Waals surface area contributed by atoms with Gasteiger partial charge in [0.05, 0.1) is 32.5 Å². The number of ether oxygens (including phenoxy) is 2. The molecular weight excluding hydrogens is 316 g/mol. The second-order valence-corrected chi connectivity index (χ2v) is 5.00. The highest BCUT2D eigenvalue weighted by Gasteiger charge is 2.19. The third-order valence-corrected chi connectivity index (χ3v) is 3.48. The summed E-state index contributed by atoms with van der Waals surface area (Å²) < 4.78 is 10.5. The number of aliphatic hydroxyl groups excluding tert-OH is 1. The molecule has 0 radical (unpaired) electrons. The number of rotatable bonds is 7. The summed E-state index contributed by atoms with van der Waals surface area (Å²) in [7, 11) is 1.57. The molecule has 8 nitrogen and oxygen atoms in total. The lowest BCUT2D eigenvalue weighted by atomic mass is 10.1. The van der Waals surface area contributed by atoms with Crippen LogP contribution in [0, 0.1) is 0 Å². The topological polar surface area (TPSA) is 135 Å². The number of methoxy groups -OCH3 is 1. The standard InChI is InChI=1S/C16H18N2O6/c1-23-10-4-2-9(3-5-10)7-24-8-12-11(6-19)14(20)13(15(17)21)18-16(12)22/h2-5,19-20H,6-8H2,1H3,(H2,17,21)(H,18,22). The Kier molecular flexibility index (Phi) is 5.56. The molecule has 1 aromatic carbocycles. The van der Waals surface area contributed by atoms with E-state index in [0.717, 1.165) is 5.56 Å². The van der Waals surface area contributed by atoms with Crippen molar-refractivity contribution in [1.29, 1.82) is 0 Å². The Morgan fingerprint density at radius 3 is 2.42 bits per heavy atom. The van der Waals surface area contributed by atoms with Crippen LogP contribution in [0.25, 0.3) is 0 Å². The van der Waals surface area contributed by atoms with Gasteiger partial charge in [0, 0.05) is 5.56 Å². The van der Waals surface area contributed by atoms with Gasteiger partial charge in [0.1, 0.15) is 11.4 Å². The van der Waals surface area contributed by atoms with Crippen molar-refractivity contribution >= 4 is 5.91 Å². The van der Waals surface area contributed by atoms with Crippen molar-refractivity contribution in [1.82, 2.24) is 4.98 Å². The van der Waals surface area contributed by atoms with Gasteiger partial charge in [-0.25, -0.2) is 0 Å². The second-order valence-electron chi connectivity index (χ2n) is 5.00. The van der Waals surface area contributed by atoms with E-state index in [4.69, 9.17) is 15.2 Å². The fraction of sp³-hybridized carbons (Fsp3) is 0.250. The third kappa shape index (κ3) is 3.73. The van der Waals surface area contributed by atoms with E-state index in [9.17, 15) is 19.8 Å². The zero-order chi connectivity index (χ0) is 17.7. The number of amides is 1. The molecule has 0 aliphatic rings. The van der Waals surface area contributed by atoms with Gasteiger partial charge >= 0.3 is 0 Å². The van der Waals surface area contributed by atoms with E-state index < -0.39 is 29.5 Å². The molecule has 0 spiro atoms. The minimum atomic E-state index is -0.995. The Morgan fingerprint density at radius 1 is 1.21 bits per heavy atom. The molecule has 1 amide bonds. The van der Waals surface area contributed by atoms with Crippen LogP contribution in [0.1, 0.15) is 27.2 Å². The fourth-order valence-corrected chi connectivity index (χ4v) is 2.17. The lowest BCUT2D eigenvalue weighted by Gasteiger charge is -2.12. The van der Waals surface area contributed by atoms with Crippen molar-refractivity contribution in [2.24, 2.45) is 5.73 Å². The van der Waals surface area contributed by atoms with Crippen LogP contribution in [-0.2, 0) is 24.6 Å². The van der Waals surface area contributed by atoms with Crippen LogP contribution in [0.2, 0.25) is 0 Å². The lowest BCUT2D eigenvalue weighted by molar-refractivity contribution is 0.0985. The number of hydrogen-bond donors (Lipinski definition) is 4. The summed E-state index contributed by atoms with van der Waals surface area (Å²) in [6, 6.07) is 7.17. The molecule has 5 N–H and O–H groups in total. The monoisotopic (exact) mass is 334 g/mol. The van der Waals surface area contributed by atoms with Gasteiger partial charge in [0.25, 0.3) is 11.5 Å². The van der Waals surface area contributed by atoms with Crippen molar-refractivity contribution in [3.8, 4) is 11.5 Å². The largest absolute Gasteiger partial charge is 0.505 e. The fourth-order valence-electron chi connectivity index (χ4n) is 2.17. The van der Waals surface area contributed by atoms with Gasteiger partial charge in [0.2, 0.25) is 0 Å². The summed E-state index contributed by atoms with van der Waals surface area (Å²) in [6.45, 7) is -0.562. The molecule has 0 saturated heterocycles. The number of hydrogen-bond acceptors (Lipinski definition) is 6. The van der Waals surface area contributed by atoms with Crippen LogP contribution in [0.5, 0.6) is 11.5 Å². The van der Waals surface area contributed by atoms with Crippen LogP contribution >= 0.6 is 0 Å². The smallest absolute Gasteiger partial charge is 0.269 e. The maximum atomic E-state index is 12.0. The number of benzene rings is 1. The first-order chi connectivity index (χ1) is 11.5. The first kappa shape index (κ1) is 17.5. The number of aromatic nitrogens is 1. The highest BCUT2D eigenvalue weighted by atomic mass is 16.5. The Hall–Kier alpha value is -2.84. The molecule has 0 aliphatic carbocycles. The number of aromatic amines is 1. The predicted octanol–water partition coefficient (Wildman–Crippen LogP) is 0.397. The number of primary amides is 1. The number of carbonyl (C=O) groups excluding carboxylic acids is 1. The maximum Gasteiger partial charge on any atom is 0.269 e. The summed E-state index contributed by atoms with van der Waals surface area (Å²) in [6.07, 6.45) is 0. The van der Waals surface area contributed by atoms with Crippen LogP contribution < -0.4 is 16.0 Å². The van der Waals surface area contributed by atoms with Gasteiger partial charge in [-0.2, -0.15) is 0 Å². The number of nitrogens with one attached hydrogen (secondary N) is 1. The van der Waals surface area contributed by atoms with Crippen molar-refractivity contribution < 1.29 is 24.5 Å². The van der Waals surface area contributed by atoms with Gasteiger partial charge in [-0.3, -0.25) is 9.59 Å². The highest BCUT2D eigenvalue weighted by Crippen LogP contribution is 2.22. The van der Waals surface area contributed by atoms with Gasteiger partial charge < -0.3 is 30.4 Å². The van der Waals surface area contributed by atoms with Crippen molar-refractivity contribution in [2.75, 3.05) is 7.11 Å². The number of carbonyl (C=O) groups is 1. The molecule has 0 bridgehead atoms. The number of pyridine rings is 1. The minimum absolute atomic E-state index is 0.0357. The van der Waals surface area contributed by atoms with E-state index in [2.05, 4.69) is 4.98 Å². The quantitative estimate of drug-likeness (QED) is 0.579. The number of aromatic hydroxyl groups is 1. The molecule has 24 heavy (non-hydrogen) atoms. The molecule has 0 atom stereocenters. The third-order valence-electron chi connectivity index (χ3n) is 3.48. The average molecular weight is 334 g/mol. The summed E-state index contributed by atoms with van der Waals surface area (Å²) in [5, 5.41) is 19.3. The maximum absolute atomic E-state index is 12.0. The number of aliphatic hydroxyl groups is 1. The van der Waals surface area contributed by atoms with E-state index in [1.165, 1.54) is 0 Å². The Bertz CT molecular complexity index is 782. The summed E-state index contributed by atoms with van der Waals surface area (Å²) in [5.74, 6) is -0.831. The van der Waals surface area contributed by atoms with Gasteiger partial charge in [0.15, 0.2) is 5.75 Å². The van der Waals surface area contributed by atoms with Crippen molar-refractivity contribution in [3.63, 3.8) is 0 Å².